The number of ketones is 1. The van der Waals surface area contributed by atoms with Gasteiger partial charge < -0.3 is 9.84 Å². The molecule has 88 valence electrons. The zero-order valence-corrected chi connectivity index (χ0v) is 10.2. The van der Waals surface area contributed by atoms with Gasteiger partial charge in [0.15, 0.2) is 5.78 Å². The fraction of sp³-hybridized carbons (Fsp3) is 0.400. The van der Waals surface area contributed by atoms with Crippen molar-refractivity contribution in [2.45, 2.75) is 17.9 Å². The summed E-state index contributed by atoms with van der Waals surface area (Å²) < 4.78 is 4.43. The SMILES string of the molecule is C/C=C/C1=C(Cl)C(=O)[C@H](Cl)[C@]1(O)C(=O)OC. The van der Waals surface area contributed by atoms with Crippen molar-refractivity contribution in [1.82, 2.24) is 0 Å². The number of ether oxygens (including phenoxy) is 1. The summed E-state index contributed by atoms with van der Waals surface area (Å²) in [5.74, 6) is -1.70. The Bertz CT molecular complexity index is 400. The van der Waals surface area contributed by atoms with Gasteiger partial charge in [-0.25, -0.2) is 4.79 Å². The molecule has 0 radical (unpaired) electrons. The summed E-state index contributed by atoms with van der Waals surface area (Å²) in [4.78, 5) is 23.0. The average Bonchev–Trinajstić information content (AvgIpc) is 2.44. The highest BCUT2D eigenvalue weighted by Crippen LogP contribution is 2.40. The third kappa shape index (κ3) is 1.67. The fourth-order valence-electron chi connectivity index (χ4n) is 1.47. The molecule has 1 aliphatic carbocycles. The number of aliphatic hydroxyl groups is 1. The topological polar surface area (TPSA) is 63.6 Å². The normalized spacial score (nSPS) is 30.3. The summed E-state index contributed by atoms with van der Waals surface area (Å²) in [5, 5.41) is 8.44. The summed E-state index contributed by atoms with van der Waals surface area (Å²) in [6, 6.07) is 0. The third-order valence-electron chi connectivity index (χ3n) is 2.29. The predicted molar refractivity (Wildman–Crippen MR) is 59.3 cm³/mol. The van der Waals surface area contributed by atoms with Gasteiger partial charge in [0, 0.05) is 5.57 Å². The molecule has 0 unspecified atom stereocenters. The smallest absolute Gasteiger partial charge is 0.344 e. The van der Waals surface area contributed by atoms with Gasteiger partial charge in [0.05, 0.1) is 12.1 Å². The van der Waals surface area contributed by atoms with Crippen molar-refractivity contribution in [3.05, 3.63) is 22.8 Å². The summed E-state index contributed by atoms with van der Waals surface area (Å²) in [5.41, 5.74) is -2.25. The quantitative estimate of drug-likeness (QED) is 0.601. The number of Topliss-reactive ketones (excluding diaryl/α,β-unsaturated/α-hetero) is 1. The largest absolute Gasteiger partial charge is 0.467 e. The fourth-order valence-corrected chi connectivity index (χ4v) is 2.16. The Morgan fingerprint density at radius 2 is 2.19 bits per heavy atom. The molecular weight excluding hydrogens is 255 g/mol. The Morgan fingerprint density at radius 1 is 1.62 bits per heavy atom. The molecule has 1 rings (SSSR count). The summed E-state index contributed by atoms with van der Waals surface area (Å²) in [7, 11) is 1.09. The predicted octanol–water partition coefficient (Wildman–Crippen LogP) is 1.15. The van der Waals surface area contributed by atoms with Crippen molar-refractivity contribution in [3.63, 3.8) is 0 Å². The zero-order valence-electron chi connectivity index (χ0n) is 8.66. The highest BCUT2D eigenvalue weighted by Gasteiger charge is 2.57. The highest BCUT2D eigenvalue weighted by molar-refractivity contribution is 6.52. The maximum Gasteiger partial charge on any atom is 0.344 e. The van der Waals surface area contributed by atoms with Crippen molar-refractivity contribution in [3.8, 4) is 0 Å². The van der Waals surface area contributed by atoms with Crippen LogP contribution in [0.15, 0.2) is 22.8 Å². The van der Waals surface area contributed by atoms with E-state index in [2.05, 4.69) is 4.74 Å². The summed E-state index contributed by atoms with van der Waals surface area (Å²) in [6.07, 6.45) is 2.90. The maximum absolute atomic E-state index is 11.5. The average molecular weight is 265 g/mol. The van der Waals surface area contributed by atoms with Crippen molar-refractivity contribution in [2.75, 3.05) is 7.11 Å². The number of rotatable bonds is 2. The number of hydrogen-bond donors (Lipinski definition) is 1. The van der Waals surface area contributed by atoms with Crippen LogP contribution in [0.4, 0.5) is 0 Å². The Kier molecular flexibility index (Phi) is 3.78. The van der Waals surface area contributed by atoms with E-state index < -0.39 is 22.7 Å². The first-order valence-electron chi connectivity index (χ1n) is 4.43. The van der Waals surface area contributed by atoms with Crippen LogP contribution < -0.4 is 0 Å². The van der Waals surface area contributed by atoms with E-state index in [0.29, 0.717) is 0 Å². The number of esters is 1. The molecule has 1 aliphatic rings. The molecule has 0 aromatic rings. The number of methoxy groups -OCH3 is 1. The Labute approximate surface area is 102 Å². The lowest BCUT2D eigenvalue weighted by Gasteiger charge is -2.23. The molecule has 0 aromatic heterocycles. The van der Waals surface area contributed by atoms with Gasteiger partial charge in [0.2, 0.25) is 5.60 Å². The molecule has 1 N–H and O–H groups in total. The van der Waals surface area contributed by atoms with E-state index in [1.165, 1.54) is 12.2 Å². The van der Waals surface area contributed by atoms with Crippen LogP contribution in [0.25, 0.3) is 0 Å². The number of carbonyl (C=O) groups is 2. The van der Waals surface area contributed by atoms with E-state index >= 15 is 0 Å². The number of carbonyl (C=O) groups excluding carboxylic acids is 2. The molecule has 0 saturated heterocycles. The first kappa shape index (κ1) is 13.2. The van der Waals surface area contributed by atoms with Gasteiger partial charge in [-0.2, -0.15) is 0 Å². The molecule has 0 spiro atoms. The van der Waals surface area contributed by atoms with Crippen LogP contribution in [0.5, 0.6) is 0 Å². The van der Waals surface area contributed by atoms with E-state index in [1.54, 1.807) is 6.92 Å². The molecule has 0 amide bonds. The van der Waals surface area contributed by atoms with Gasteiger partial charge in [-0.15, -0.1) is 11.6 Å². The first-order valence-corrected chi connectivity index (χ1v) is 5.24. The number of hydrogen-bond acceptors (Lipinski definition) is 4. The van der Waals surface area contributed by atoms with Crippen LogP contribution in [0.3, 0.4) is 0 Å². The standard InChI is InChI=1S/C10H10Cl2O4/c1-3-4-5-6(11)7(13)8(12)10(5,15)9(14)16-2/h3-4,8,15H,1-2H3/b4-3+/t8-,10-/m0/s1. The van der Waals surface area contributed by atoms with Gasteiger partial charge in [-0.05, 0) is 6.92 Å². The summed E-state index contributed by atoms with van der Waals surface area (Å²) >= 11 is 11.4. The minimum absolute atomic E-state index is 0.0338. The maximum atomic E-state index is 11.5. The molecule has 0 saturated carbocycles. The van der Waals surface area contributed by atoms with Crippen LogP contribution in [0, 0.1) is 0 Å². The molecule has 0 bridgehead atoms. The van der Waals surface area contributed by atoms with Crippen LogP contribution in [0.1, 0.15) is 6.92 Å². The van der Waals surface area contributed by atoms with Crippen molar-refractivity contribution in [1.29, 1.82) is 0 Å². The number of allylic oxidation sites excluding steroid dienone is 2. The van der Waals surface area contributed by atoms with Gasteiger partial charge in [-0.3, -0.25) is 4.79 Å². The third-order valence-corrected chi connectivity index (χ3v) is 3.19. The van der Waals surface area contributed by atoms with E-state index in [1.807, 2.05) is 0 Å². The number of halogens is 2. The van der Waals surface area contributed by atoms with E-state index in [9.17, 15) is 14.7 Å². The minimum Gasteiger partial charge on any atom is -0.467 e. The van der Waals surface area contributed by atoms with E-state index in [-0.39, 0.29) is 10.6 Å². The Hall–Kier alpha value is -0.840. The molecule has 0 aromatic carbocycles. The molecule has 0 aliphatic heterocycles. The van der Waals surface area contributed by atoms with E-state index in [4.69, 9.17) is 23.2 Å². The number of alkyl halides is 1. The molecule has 0 fully saturated rings. The molecule has 2 atom stereocenters. The molecule has 6 heteroatoms. The van der Waals surface area contributed by atoms with E-state index in [0.717, 1.165) is 7.11 Å². The lowest BCUT2D eigenvalue weighted by Crippen LogP contribution is -2.48. The lowest BCUT2D eigenvalue weighted by atomic mass is 9.95. The molecule has 4 nitrogen and oxygen atoms in total. The monoisotopic (exact) mass is 264 g/mol. The van der Waals surface area contributed by atoms with Crippen molar-refractivity contribution >= 4 is 35.0 Å². The van der Waals surface area contributed by atoms with Crippen LogP contribution in [-0.2, 0) is 14.3 Å². The zero-order chi connectivity index (χ0) is 12.5. The van der Waals surface area contributed by atoms with Gasteiger partial charge in [0.1, 0.15) is 5.38 Å². The Balaban J connectivity index is 3.37. The second kappa shape index (κ2) is 4.57. The molecular formula is C10H10Cl2O4. The second-order valence-electron chi connectivity index (χ2n) is 3.21. The highest BCUT2D eigenvalue weighted by atomic mass is 35.5. The van der Waals surface area contributed by atoms with Gasteiger partial charge in [-0.1, -0.05) is 23.8 Å². The molecule has 0 heterocycles. The first-order chi connectivity index (χ1) is 7.41. The Morgan fingerprint density at radius 3 is 2.62 bits per heavy atom. The molecule has 16 heavy (non-hydrogen) atoms. The summed E-state index contributed by atoms with van der Waals surface area (Å²) in [6.45, 7) is 1.65. The van der Waals surface area contributed by atoms with Crippen molar-refractivity contribution in [2.24, 2.45) is 0 Å². The van der Waals surface area contributed by atoms with Crippen LogP contribution in [0.2, 0.25) is 0 Å². The van der Waals surface area contributed by atoms with Crippen molar-refractivity contribution < 1.29 is 19.4 Å². The minimum atomic E-state index is -2.21. The lowest BCUT2D eigenvalue weighted by molar-refractivity contribution is -0.158. The van der Waals surface area contributed by atoms with Gasteiger partial charge in [0.25, 0.3) is 0 Å². The second-order valence-corrected chi connectivity index (χ2v) is 4.03. The van der Waals surface area contributed by atoms with Crippen LogP contribution >= 0.6 is 23.2 Å². The van der Waals surface area contributed by atoms with Crippen LogP contribution in [-0.4, -0.2) is 34.9 Å². The van der Waals surface area contributed by atoms with Gasteiger partial charge >= 0.3 is 5.97 Å².